The van der Waals surface area contributed by atoms with Gasteiger partial charge in [0.25, 0.3) is 0 Å². The number of likely N-dealkylation sites (tertiary alicyclic amines) is 1. The number of benzene rings is 2. The van der Waals surface area contributed by atoms with Gasteiger partial charge >= 0.3 is 6.18 Å². The number of amides is 1. The Kier molecular flexibility index (Phi) is 8.66. The average Bonchev–Trinajstić information content (AvgIpc) is 2.88. The minimum atomic E-state index is -4.58. The minimum absolute atomic E-state index is 0.0324. The van der Waals surface area contributed by atoms with Gasteiger partial charge in [0, 0.05) is 18.2 Å². The van der Waals surface area contributed by atoms with E-state index in [2.05, 4.69) is 28.0 Å². The van der Waals surface area contributed by atoms with Crippen LogP contribution in [0.4, 0.5) is 13.2 Å². The highest BCUT2D eigenvalue weighted by molar-refractivity contribution is 5.77. The summed E-state index contributed by atoms with van der Waals surface area (Å²) in [4.78, 5) is 22.1. The Bertz CT molecular complexity index is 1270. The first kappa shape index (κ1) is 27.6. The number of carbonyl (C=O) groups is 1. The van der Waals surface area contributed by atoms with E-state index in [4.69, 9.17) is 10.5 Å². The third-order valence-electron chi connectivity index (χ3n) is 7.19. The zero-order valence-electron chi connectivity index (χ0n) is 21.7. The van der Waals surface area contributed by atoms with Crippen molar-refractivity contribution in [3.63, 3.8) is 0 Å². The third-order valence-corrected chi connectivity index (χ3v) is 7.19. The molecule has 0 spiro atoms. The summed E-state index contributed by atoms with van der Waals surface area (Å²) < 4.78 is 47.0. The van der Waals surface area contributed by atoms with E-state index in [1.807, 2.05) is 12.1 Å². The summed E-state index contributed by atoms with van der Waals surface area (Å²) in [5.74, 6) is 0.949. The molecule has 1 aromatic heterocycles. The van der Waals surface area contributed by atoms with Crippen LogP contribution in [0.15, 0.2) is 48.7 Å². The molecule has 0 radical (unpaired) electrons. The SMILES string of the molecule is COc1cc(C2CCN(C)CC2)ccc1Cc1ncc(C(F)(F)F)c(CCc2ccccc2CC(N)=O)n1. The second-order valence-electron chi connectivity index (χ2n) is 9.88. The Balaban J connectivity index is 1.57. The van der Waals surface area contributed by atoms with Crippen molar-refractivity contribution in [2.45, 2.75) is 50.6 Å². The second kappa shape index (κ2) is 11.9. The molecule has 0 aliphatic carbocycles. The number of ether oxygens (including phenoxy) is 1. The maximum absolute atomic E-state index is 13.8. The largest absolute Gasteiger partial charge is 0.496 e. The highest BCUT2D eigenvalue weighted by Crippen LogP contribution is 2.34. The first-order valence-electron chi connectivity index (χ1n) is 12.8. The van der Waals surface area contributed by atoms with Crippen LogP contribution >= 0.6 is 0 Å². The number of aryl methyl sites for hydroxylation is 2. The summed E-state index contributed by atoms with van der Waals surface area (Å²) in [5.41, 5.74) is 7.92. The molecule has 0 unspecified atom stereocenters. The number of alkyl halides is 3. The lowest BCUT2D eigenvalue weighted by Gasteiger charge is -2.29. The number of nitrogens with two attached hydrogens (primary N) is 1. The number of primary amides is 1. The van der Waals surface area contributed by atoms with Gasteiger partial charge in [-0.1, -0.05) is 36.4 Å². The zero-order valence-corrected chi connectivity index (χ0v) is 21.7. The van der Waals surface area contributed by atoms with E-state index < -0.39 is 17.6 Å². The van der Waals surface area contributed by atoms with Gasteiger partial charge in [0.05, 0.1) is 24.8 Å². The van der Waals surface area contributed by atoms with E-state index in [0.717, 1.165) is 43.3 Å². The molecule has 2 aromatic carbocycles. The fourth-order valence-corrected chi connectivity index (χ4v) is 5.06. The molecule has 38 heavy (non-hydrogen) atoms. The molecule has 1 saturated heterocycles. The highest BCUT2D eigenvalue weighted by atomic mass is 19.4. The normalized spacial score (nSPS) is 15.0. The van der Waals surface area contributed by atoms with Gasteiger partial charge in [-0.3, -0.25) is 4.79 Å². The van der Waals surface area contributed by atoms with Crippen molar-refractivity contribution in [3.8, 4) is 5.75 Å². The highest BCUT2D eigenvalue weighted by Gasteiger charge is 2.35. The van der Waals surface area contributed by atoms with Crippen molar-refractivity contribution in [2.24, 2.45) is 5.73 Å². The topological polar surface area (TPSA) is 81.3 Å². The number of aromatic nitrogens is 2. The van der Waals surface area contributed by atoms with Crippen LogP contribution in [0, 0.1) is 0 Å². The molecule has 3 aromatic rings. The summed E-state index contributed by atoms with van der Waals surface area (Å²) >= 11 is 0. The van der Waals surface area contributed by atoms with Crippen LogP contribution in [0.25, 0.3) is 0 Å². The van der Waals surface area contributed by atoms with Crippen LogP contribution in [0.5, 0.6) is 5.75 Å². The number of methoxy groups -OCH3 is 1. The third kappa shape index (κ3) is 6.89. The monoisotopic (exact) mass is 526 g/mol. The van der Waals surface area contributed by atoms with E-state index in [-0.39, 0.29) is 31.4 Å². The molecule has 0 bridgehead atoms. The molecular formula is C29H33F3N4O2. The van der Waals surface area contributed by atoms with Gasteiger partial charge in [-0.25, -0.2) is 9.97 Å². The Hall–Kier alpha value is -3.46. The van der Waals surface area contributed by atoms with E-state index in [9.17, 15) is 18.0 Å². The second-order valence-corrected chi connectivity index (χ2v) is 9.88. The van der Waals surface area contributed by atoms with Crippen molar-refractivity contribution < 1.29 is 22.7 Å². The first-order chi connectivity index (χ1) is 18.1. The van der Waals surface area contributed by atoms with Gasteiger partial charge in [-0.15, -0.1) is 0 Å². The molecule has 0 atom stereocenters. The van der Waals surface area contributed by atoms with Gasteiger partial charge in [-0.2, -0.15) is 13.2 Å². The predicted molar refractivity (Wildman–Crippen MR) is 139 cm³/mol. The lowest BCUT2D eigenvalue weighted by Crippen LogP contribution is -2.29. The molecule has 202 valence electrons. The molecule has 6 nitrogen and oxygen atoms in total. The van der Waals surface area contributed by atoms with Crippen molar-refractivity contribution in [2.75, 3.05) is 27.2 Å². The number of hydrogen-bond donors (Lipinski definition) is 1. The molecule has 1 aliphatic rings. The predicted octanol–water partition coefficient (Wildman–Crippen LogP) is 4.72. The number of nitrogens with zero attached hydrogens (tertiary/aromatic N) is 3. The number of hydrogen-bond acceptors (Lipinski definition) is 5. The van der Waals surface area contributed by atoms with Crippen LogP contribution in [-0.4, -0.2) is 48.0 Å². The number of halogens is 3. The Morgan fingerprint density at radius 3 is 2.45 bits per heavy atom. The molecule has 0 saturated carbocycles. The molecule has 1 aliphatic heterocycles. The van der Waals surface area contributed by atoms with Crippen LogP contribution in [0.1, 0.15) is 58.1 Å². The van der Waals surface area contributed by atoms with Crippen LogP contribution in [0.3, 0.4) is 0 Å². The number of piperidine rings is 1. The summed E-state index contributed by atoms with van der Waals surface area (Å²) in [6.45, 7) is 2.09. The van der Waals surface area contributed by atoms with Crippen LogP contribution < -0.4 is 10.5 Å². The Labute approximate surface area is 221 Å². The first-order valence-corrected chi connectivity index (χ1v) is 12.8. The number of carbonyl (C=O) groups excluding carboxylic acids is 1. The van der Waals surface area contributed by atoms with Crippen molar-refractivity contribution in [1.29, 1.82) is 0 Å². The maximum Gasteiger partial charge on any atom is 0.419 e. The summed E-state index contributed by atoms with van der Waals surface area (Å²) in [7, 11) is 3.72. The standard InChI is InChI=1S/C29H33F3N4O2/c1-36-13-11-20(12-14-36)22-7-8-23(26(15-22)38-2)17-28-34-18-24(29(30,31)32)25(35-28)10-9-19-5-3-4-6-21(19)16-27(33)37/h3-8,15,18,20H,9-14,16-17H2,1-2H3,(H2,33,37). The van der Waals surface area contributed by atoms with Gasteiger partial charge in [0.15, 0.2) is 0 Å². The lowest BCUT2D eigenvalue weighted by molar-refractivity contribution is -0.138. The Morgan fingerprint density at radius 2 is 1.79 bits per heavy atom. The summed E-state index contributed by atoms with van der Waals surface area (Å²) in [5, 5.41) is 0. The summed E-state index contributed by atoms with van der Waals surface area (Å²) in [6.07, 6.45) is -0.935. The number of rotatable bonds is 9. The van der Waals surface area contributed by atoms with Gasteiger partial charge < -0.3 is 15.4 Å². The van der Waals surface area contributed by atoms with E-state index in [1.165, 1.54) is 5.56 Å². The molecule has 1 fully saturated rings. The molecule has 2 heterocycles. The Morgan fingerprint density at radius 1 is 1.08 bits per heavy atom. The summed E-state index contributed by atoms with van der Waals surface area (Å²) in [6, 6.07) is 13.2. The molecule has 1 amide bonds. The fourth-order valence-electron chi connectivity index (χ4n) is 5.06. The van der Waals surface area contributed by atoms with Gasteiger partial charge in [-0.05, 0) is 74.5 Å². The van der Waals surface area contributed by atoms with Crippen molar-refractivity contribution in [1.82, 2.24) is 14.9 Å². The zero-order chi connectivity index (χ0) is 27.3. The van der Waals surface area contributed by atoms with Crippen molar-refractivity contribution >= 4 is 5.91 Å². The van der Waals surface area contributed by atoms with E-state index >= 15 is 0 Å². The molecule has 4 rings (SSSR count). The van der Waals surface area contributed by atoms with Crippen molar-refractivity contribution in [3.05, 3.63) is 88.0 Å². The fraction of sp³-hybridized carbons (Fsp3) is 0.414. The van der Waals surface area contributed by atoms with Gasteiger partial charge in [0.1, 0.15) is 11.6 Å². The maximum atomic E-state index is 13.8. The van der Waals surface area contributed by atoms with E-state index in [0.29, 0.717) is 23.1 Å². The smallest absolute Gasteiger partial charge is 0.419 e. The van der Waals surface area contributed by atoms with Crippen LogP contribution in [0.2, 0.25) is 0 Å². The molecule has 2 N–H and O–H groups in total. The lowest BCUT2D eigenvalue weighted by atomic mass is 9.88. The minimum Gasteiger partial charge on any atom is -0.496 e. The van der Waals surface area contributed by atoms with Gasteiger partial charge in [0.2, 0.25) is 5.91 Å². The molecular weight excluding hydrogens is 493 g/mol. The van der Waals surface area contributed by atoms with Crippen LogP contribution in [-0.2, 0) is 36.7 Å². The van der Waals surface area contributed by atoms with E-state index in [1.54, 1.807) is 31.4 Å². The quantitative estimate of drug-likeness (QED) is 0.437. The molecule has 9 heteroatoms. The average molecular weight is 527 g/mol.